The van der Waals surface area contributed by atoms with Gasteiger partial charge in [0.25, 0.3) is 5.91 Å². The number of nitrogens with one attached hydrogen (secondary N) is 1. The lowest BCUT2D eigenvalue weighted by Crippen LogP contribution is -2.62. The first kappa shape index (κ1) is 23.4. The minimum Gasteiger partial charge on any atom is -0.320 e. The minimum absolute atomic E-state index is 0.199. The molecule has 0 saturated heterocycles. The summed E-state index contributed by atoms with van der Waals surface area (Å²) in [7, 11) is 0. The lowest BCUT2D eigenvalue weighted by molar-refractivity contribution is -0.472. The van der Waals surface area contributed by atoms with Gasteiger partial charge in [-0.25, -0.2) is 0 Å². The predicted octanol–water partition coefficient (Wildman–Crippen LogP) is 5.42. The number of benzene rings is 1. The molecule has 1 aromatic rings. The molecule has 0 aliphatic rings. The zero-order valence-electron chi connectivity index (χ0n) is 12.2. The third-order valence-corrected chi connectivity index (χ3v) is 3.46. The average Bonchev–Trinajstić information content (AvgIpc) is 2.46. The second-order valence-corrected chi connectivity index (χ2v) is 5.57. The standard InChI is InChI=1S/C12H5BrF11NO2/c13-5-3-1-2-4-6(5)25-7(26)8(14,10(17,18)19)27-12(23,24)9(15,16)11(20,21)22/h1-4H,(H,25,26)/t8-/m0/s1. The van der Waals surface area contributed by atoms with Gasteiger partial charge in [-0.3, -0.25) is 9.53 Å². The first-order chi connectivity index (χ1) is 11.9. The highest BCUT2D eigenvalue weighted by molar-refractivity contribution is 9.10. The molecular weight excluding hydrogens is 479 g/mol. The van der Waals surface area contributed by atoms with Crippen molar-refractivity contribution in [3.8, 4) is 0 Å². The van der Waals surface area contributed by atoms with Crippen molar-refractivity contribution in [3.05, 3.63) is 28.7 Å². The van der Waals surface area contributed by atoms with Gasteiger partial charge < -0.3 is 5.32 Å². The Balaban J connectivity index is 3.32. The lowest BCUT2D eigenvalue weighted by atomic mass is 10.2. The van der Waals surface area contributed by atoms with Crippen LogP contribution in [0.25, 0.3) is 0 Å². The normalized spacial score (nSPS) is 16.0. The maximum absolute atomic E-state index is 14.0. The first-order valence-electron chi connectivity index (χ1n) is 6.21. The molecule has 1 rings (SSSR count). The van der Waals surface area contributed by atoms with E-state index < -0.39 is 41.8 Å². The van der Waals surface area contributed by atoms with Crippen LogP contribution in [0.3, 0.4) is 0 Å². The van der Waals surface area contributed by atoms with Crippen LogP contribution in [0.2, 0.25) is 0 Å². The summed E-state index contributed by atoms with van der Waals surface area (Å²) in [4.78, 5) is 11.5. The fourth-order valence-electron chi connectivity index (χ4n) is 1.40. The van der Waals surface area contributed by atoms with Crippen LogP contribution >= 0.6 is 15.9 Å². The van der Waals surface area contributed by atoms with Gasteiger partial charge in [0.2, 0.25) is 0 Å². The summed E-state index contributed by atoms with van der Waals surface area (Å²) in [5.74, 6) is -16.6. The molecule has 1 aromatic carbocycles. The molecule has 0 aliphatic carbocycles. The first-order valence-corrected chi connectivity index (χ1v) is 7.00. The topological polar surface area (TPSA) is 38.3 Å². The van der Waals surface area contributed by atoms with Crippen LogP contribution in [0.5, 0.6) is 0 Å². The summed E-state index contributed by atoms with van der Waals surface area (Å²) in [6, 6.07) is 4.28. The van der Waals surface area contributed by atoms with Crippen molar-refractivity contribution in [3.63, 3.8) is 0 Å². The molecule has 0 saturated carbocycles. The summed E-state index contributed by atoms with van der Waals surface area (Å²) in [5, 5.41) is 1.10. The number of hydrogen-bond donors (Lipinski definition) is 1. The van der Waals surface area contributed by atoms with Crippen LogP contribution in [0.1, 0.15) is 0 Å². The van der Waals surface area contributed by atoms with Gasteiger partial charge in [0, 0.05) is 4.47 Å². The number of anilines is 1. The molecule has 0 fully saturated rings. The number of halogens is 12. The zero-order valence-corrected chi connectivity index (χ0v) is 13.7. The quantitative estimate of drug-likeness (QED) is 0.568. The summed E-state index contributed by atoms with van der Waals surface area (Å²) >= 11 is 2.69. The number of alkyl halides is 11. The van der Waals surface area contributed by atoms with Crippen molar-refractivity contribution in [2.45, 2.75) is 30.2 Å². The van der Waals surface area contributed by atoms with Gasteiger partial charge in [-0.05, 0) is 28.1 Å². The van der Waals surface area contributed by atoms with E-state index in [0.717, 1.165) is 23.5 Å². The molecule has 1 atom stereocenters. The van der Waals surface area contributed by atoms with Crippen molar-refractivity contribution in [1.82, 2.24) is 0 Å². The fraction of sp³-hybridized carbons (Fsp3) is 0.417. The molecule has 15 heteroatoms. The van der Waals surface area contributed by atoms with Crippen LogP contribution in [-0.2, 0) is 9.53 Å². The number of hydrogen-bond acceptors (Lipinski definition) is 2. The molecule has 1 amide bonds. The lowest BCUT2D eigenvalue weighted by Gasteiger charge is -2.34. The Morgan fingerprint density at radius 2 is 1.33 bits per heavy atom. The van der Waals surface area contributed by atoms with Gasteiger partial charge in [-0.2, -0.15) is 48.3 Å². The Labute approximate surface area is 150 Å². The van der Waals surface area contributed by atoms with Gasteiger partial charge in [0.1, 0.15) is 0 Å². The Morgan fingerprint density at radius 1 is 0.852 bits per heavy atom. The molecule has 0 radical (unpaired) electrons. The highest BCUT2D eigenvalue weighted by Crippen LogP contribution is 2.51. The average molecular weight is 484 g/mol. The molecule has 0 aliphatic heterocycles. The monoisotopic (exact) mass is 483 g/mol. The van der Waals surface area contributed by atoms with E-state index in [9.17, 15) is 53.1 Å². The zero-order chi connectivity index (χ0) is 21.5. The predicted molar refractivity (Wildman–Crippen MR) is 69.7 cm³/mol. The molecular formula is C12H5BrF11NO2. The number of carbonyl (C=O) groups excluding carboxylic acids is 1. The van der Waals surface area contributed by atoms with Crippen molar-refractivity contribution in [1.29, 1.82) is 0 Å². The van der Waals surface area contributed by atoms with Gasteiger partial charge in [-0.15, -0.1) is 0 Å². The van der Waals surface area contributed by atoms with E-state index in [-0.39, 0.29) is 4.47 Å². The summed E-state index contributed by atoms with van der Waals surface area (Å²) in [6.07, 6.45) is -20.9. The minimum atomic E-state index is -7.24. The second kappa shape index (κ2) is 7.07. The largest absolute Gasteiger partial charge is 0.462 e. The summed E-state index contributed by atoms with van der Waals surface area (Å²) in [6.45, 7) is 0. The molecule has 1 N–H and O–H groups in total. The summed E-state index contributed by atoms with van der Waals surface area (Å²) in [5.41, 5.74) is -0.650. The molecule has 0 unspecified atom stereocenters. The molecule has 0 spiro atoms. The number of carbonyl (C=O) groups is 1. The molecule has 154 valence electrons. The van der Waals surface area contributed by atoms with E-state index >= 15 is 0 Å². The smallest absolute Gasteiger partial charge is 0.320 e. The number of amides is 1. The van der Waals surface area contributed by atoms with Crippen LogP contribution < -0.4 is 5.32 Å². The van der Waals surface area contributed by atoms with E-state index in [1.54, 1.807) is 0 Å². The SMILES string of the molecule is O=C(Nc1ccccc1Br)[C@](F)(OC(F)(F)C(F)(F)C(F)(F)F)C(F)(F)F. The van der Waals surface area contributed by atoms with Crippen LogP contribution in [0, 0.1) is 0 Å². The highest BCUT2D eigenvalue weighted by Gasteiger charge is 2.79. The third-order valence-electron chi connectivity index (χ3n) is 2.77. The number of para-hydroxylation sites is 1. The van der Waals surface area contributed by atoms with Gasteiger partial charge >= 0.3 is 30.2 Å². The van der Waals surface area contributed by atoms with Crippen molar-refractivity contribution in [2.24, 2.45) is 0 Å². The molecule has 3 nitrogen and oxygen atoms in total. The van der Waals surface area contributed by atoms with Crippen LogP contribution in [-0.4, -0.2) is 36.1 Å². The van der Waals surface area contributed by atoms with Crippen LogP contribution in [0.4, 0.5) is 54.0 Å². The Kier molecular flexibility index (Phi) is 6.13. The Bertz CT molecular complexity index is 703. The highest BCUT2D eigenvalue weighted by atomic mass is 79.9. The van der Waals surface area contributed by atoms with E-state index in [1.165, 1.54) is 6.07 Å². The van der Waals surface area contributed by atoms with Gasteiger partial charge in [0.15, 0.2) is 0 Å². The fourth-order valence-corrected chi connectivity index (χ4v) is 1.79. The van der Waals surface area contributed by atoms with Gasteiger partial charge in [0.05, 0.1) is 5.69 Å². The van der Waals surface area contributed by atoms with Crippen molar-refractivity contribution in [2.75, 3.05) is 5.32 Å². The van der Waals surface area contributed by atoms with E-state index in [4.69, 9.17) is 0 Å². The summed E-state index contributed by atoms with van der Waals surface area (Å²) < 4.78 is 142. The number of ether oxygens (including phenoxy) is 1. The Morgan fingerprint density at radius 3 is 1.74 bits per heavy atom. The van der Waals surface area contributed by atoms with Crippen molar-refractivity contribution >= 4 is 27.5 Å². The van der Waals surface area contributed by atoms with Gasteiger partial charge in [-0.1, -0.05) is 12.1 Å². The third kappa shape index (κ3) is 4.44. The maximum Gasteiger partial charge on any atom is 0.462 e. The molecule has 0 bridgehead atoms. The molecule has 0 heterocycles. The van der Waals surface area contributed by atoms with E-state index in [0.29, 0.717) is 0 Å². The molecule has 27 heavy (non-hydrogen) atoms. The van der Waals surface area contributed by atoms with E-state index in [2.05, 4.69) is 20.7 Å². The van der Waals surface area contributed by atoms with Crippen molar-refractivity contribution < 1.29 is 57.8 Å². The second-order valence-electron chi connectivity index (χ2n) is 4.72. The van der Waals surface area contributed by atoms with E-state index in [1.807, 2.05) is 0 Å². The number of rotatable bonds is 5. The van der Waals surface area contributed by atoms with Crippen LogP contribution in [0.15, 0.2) is 28.7 Å². The molecule has 0 aromatic heterocycles. The Hall–Kier alpha value is -1.64. The maximum atomic E-state index is 14.0.